The quantitative estimate of drug-likeness (QED) is 0.0375. The van der Waals surface area contributed by atoms with Crippen LogP contribution < -0.4 is 10.6 Å². The van der Waals surface area contributed by atoms with Gasteiger partial charge in [-0.1, -0.05) is 12.1 Å². The summed E-state index contributed by atoms with van der Waals surface area (Å²) in [5, 5.41) is 11.9. The lowest BCUT2D eigenvalue weighted by molar-refractivity contribution is -0.140. The molecular formula is C58H68F2N10O9S. The standard InChI is InChI=1S/C58H68F2N10O9S/c1-38(61-2)56(74)66-53(58(75)69-17-4-7-50(69)57-65-49(37-80-57)54(73)41-8-10-45(59)11-9-41)40-13-19-68(20-14-40)51(71)15-21-76-23-25-78-27-28-79-26-24-77-22-16-52(72)70-36-44(32-64-70)43-30-47-48(33-63-55(47)62-31-43)42-12-18-67(35-42)34-39-5-3-6-46(60)29-39/h3,5-6,8-12,18,29-33,35-36,38,40,49-50,53,61H,4,7,13-17,19-28,34,37H2,1-2H3,(H,62,63)(H,66,74)/t38-,49?,50-,53-/m0/s1. The highest BCUT2D eigenvalue weighted by Gasteiger charge is 2.43. The predicted octanol–water partition coefficient (Wildman–Crippen LogP) is 6.43. The molecule has 3 aliphatic rings. The Morgan fingerprint density at radius 3 is 2.21 bits per heavy atom. The summed E-state index contributed by atoms with van der Waals surface area (Å²) in [6.45, 7) is 6.06. The second kappa shape index (κ2) is 28.0. The van der Waals surface area contributed by atoms with E-state index in [2.05, 4.69) is 25.7 Å². The van der Waals surface area contributed by atoms with Gasteiger partial charge < -0.3 is 48.9 Å². The van der Waals surface area contributed by atoms with Gasteiger partial charge in [-0.15, -0.1) is 11.8 Å². The van der Waals surface area contributed by atoms with Crippen LogP contribution in [-0.2, 0) is 39.9 Å². The molecule has 19 nitrogen and oxygen atoms in total. The van der Waals surface area contributed by atoms with E-state index in [1.807, 2.05) is 41.4 Å². The molecule has 2 aromatic carbocycles. The van der Waals surface area contributed by atoms with Crippen LogP contribution in [0.25, 0.3) is 33.3 Å². The van der Waals surface area contributed by atoms with Gasteiger partial charge in [0.1, 0.15) is 29.4 Å². The van der Waals surface area contributed by atoms with Crippen LogP contribution in [-0.4, -0.2) is 178 Å². The number of aromatic amines is 1. The molecule has 6 aromatic rings. The number of likely N-dealkylation sites (N-methyl/N-ethyl adjacent to an activating group) is 1. The number of hydrogen-bond acceptors (Lipinski definition) is 14. The number of H-pyrrole nitrogens is 1. The Morgan fingerprint density at radius 2 is 1.50 bits per heavy atom. The highest BCUT2D eigenvalue weighted by molar-refractivity contribution is 8.14. The molecule has 3 aliphatic heterocycles. The van der Waals surface area contributed by atoms with Crippen LogP contribution in [0, 0.1) is 17.6 Å². The van der Waals surface area contributed by atoms with Crippen LogP contribution in [0.1, 0.15) is 66.2 Å². The number of rotatable bonds is 27. The number of amides is 3. The largest absolute Gasteiger partial charge is 0.379 e. The van der Waals surface area contributed by atoms with Gasteiger partial charge in [-0.3, -0.25) is 29.0 Å². The van der Waals surface area contributed by atoms with Gasteiger partial charge in [-0.2, -0.15) is 5.10 Å². The Bertz CT molecular complexity index is 3120. The van der Waals surface area contributed by atoms with E-state index in [0.29, 0.717) is 96.4 Å². The summed E-state index contributed by atoms with van der Waals surface area (Å²) in [5.74, 6) is -1.37. The summed E-state index contributed by atoms with van der Waals surface area (Å²) in [7, 11) is 1.68. The third-order valence-corrected chi connectivity index (χ3v) is 15.9. The zero-order valence-electron chi connectivity index (χ0n) is 45.0. The molecule has 3 N–H and O–H groups in total. The van der Waals surface area contributed by atoms with E-state index in [0.717, 1.165) is 50.3 Å². The van der Waals surface area contributed by atoms with Gasteiger partial charge in [-0.05, 0) is 99.7 Å². The molecule has 0 radical (unpaired) electrons. The van der Waals surface area contributed by atoms with Crippen molar-refractivity contribution in [3.8, 4) is 22.3 Å². The summed E-state index contributed by atoms with van der Waals surface area (Å²) in [5.41, 5.74) is 5.51. The minimum atomic E-state index is -0.795. The Morgan fingerprint density at radius 1 is 0.787 bits per heavy atom. The van der Waals surface area contributed by atoms with Crippen LogP contribution in [0.3, 0.4) is 0 Å². The number of carbonyl (C=O) groups is 5. The van der Waals surface area contributed by atoms with Crippen molar-refractivity contribution in [1.29, 1.82) is 0 Å². The van der Waals surface area contributed by atoms with Crippen molar-refractivity contribution in [3.05, 3.63) is 121 Å². The Labute approximate surface area is 467 Å². The lowest BCUT2D eigenvalue weighted by Crippen LogP contribution is -2.58. The number of Topliss-reactive ketones (excluding diaryl/α,β-unsaturated/α-hetero) is 1. The molecule has 0 bridgehead atoms. The van der Waals surface area contributed by atoms with E-state index in [1.165, 1.54) is 52.8 Å². The van der Waals surface area contributed by atoms with Crippen molar-refractivity contribution in [1.82, 2.24) is 44.7 Å². The molecule has 2 saturated heterocycles. The molecule has 7 heterocycles. The number of nitrogens with one attached hydrogen (secondary N) is 3. The highest BCUT2D eigenvalue weighted by atomic mass is 32.2. The average Bonchev–Trinajstić information content (AvgIpc) is 4.36. The van der Waals surface area contributed by atoms with Crippen molar-refractivity contribution in [2.24, 2.45) is 10.9 Å². The molecule has 3 amide bonds. The molecule has 0 saturated carbocycles. The summed E-state index contributed by atoms with van der Waals surface area (Å²) in [6, 6.07) is 13.8. The predicted molar refractivity (Wildman–Crippen MR) is 298 cm³/mol. The Balaban J connectivity index is 0.620. The lowest BCUT2D eigenvalue weighted by atomic mass is 9.88. The molecule has 2 fully saturated rings. The molecule has 0 spiro atoms. The van der Waals surface area contributed by atoms with Gasteiger partial charge in [0.25, 0.3) is 0 Å². The first-order chi connectivity index (χ1) is 38.9. The summed E-state index contributed by atoms with van der Waals surface area (Å²) in [4.78, 5) is 83.2. The van der Waals surface area contributed by atoms with E-state index in [9.17, 15) is 32.8 Å². The molecule has 1 unspecified atom stereocenters. The number of nitrogens with zero attached hydrogens (tertiary/aromatic N) is 7. The van der Waals surface area contributed by atoms with Crippen molar-refractivity contribution in [3.63, 3.8) is 0 Å². The number of fused-ring (bicyclic) bond motifs is 1. The normalized spacial score (nSPS) is 17.5. The molecule has 4 atom stereocenters. The lowest BCUT2D eigenvalue weighted by Gasteiger charge is -2.38. The SMILES string of the molecule is CN[C@@H](C)C(=O)N[C@H](C(=O)N1CCC[C@H]1C1=NC(C(=O)c2ccc(F)cc2)CS1)C1CCN(C(=O)CCOCCOCCOCCOCCC(=O)n2cc(-c3cnc4[nH]cc(-c5ccn(Cc6cccc(F)c6)c5)c4c3)cn2)CC1. The maximum Gasteiger partial charge on any atom is 0.249 e. The van der Waals surface area contributed by atoms with Gasteiger partial charge in [-0.25, -0.2) is 18.4 Å². The third-order valence-electron chi connectivity index (χ3n) is 14.7. The number of ether oxygens (including phenoxy) is 4. The first-order valence-electron chi connectivity index (χ1n) is 27.3. The van der Waals surface area contributed by atoms with Crippen LogP contribution >= 0.6 is 11.8 Å². The summed E-state index contributed by atoms with van der Waals surface area (Å²) >= 11 is 1.46. The number of aromatic nitrogens is 5. The number of likely N-dealkylation sites (tertiary alicyclic amines) is 2. The van der Waals surface area contributed by atoms with E-state index in [1.54, 1.807) is 48.4 Å². The number of pyridine rings is 1. The van der Waals surface area contributed by atoms with Crippen LogP contribution in [0.15, 0.2) is 103 Å². The second-order valence-corrected chi connectivity index (χ2v) is 21.2. The number of carbonyl (C=O) groups excluding carboxylic acids is 5. The number of halogens is 2. The Hall–Kier alpha value is -6.95. The molecular weight excluding hydrogens is 1050 g/mol. The van der Waals surface area contributed by atoms with Crippen molar-refractivity contribution >= 4 is 57.3 Å². The second-order valence-electron chi connectivity index (χ2n) is 20.1. The zero-order valence-corrected chi connectivity index (χ0v) is 45.8. The fourth-order valence-corrected chi connectivity index (χ4v) is 11.4. The van der Waals surface area contributed by atoms with Crippen molar-refractivity contribution in [2.75, 3.05) is 85.3 Å². The fourth-order valence-electron chi connectivity index (χ4n) is 10.2. The molecule has 4 aromatic heterocycles. The van der Waals surface area contributed by atoms with Gasteiger partial charge in [0, 0.05) is 96.1 Å². The van der Waals surface area contributed by atoms with E-state index >= 15 is 0 Å². The summed E-state index contributed by atoms with van der Waals surface area (Å²) < 4.78 is 53.1. The first kappa shape index (κ1) is 57.7. The maximum absolute atomic E-state index is 14.4. The minimum absolute atomic E-state index is 0.0458. The maximum atomic E-state index is 14.4. The molecule has 424 valence electrons. The van der Waals surface area contributed by atoms with Crippen LogP contribution in [0.2, 0.25) is 0 Å². The van der Waals surface area contributed by atoms with Crippen molar-refractivity contribution in [2.45, 2.75) is 76.2 Å². The monoisotopic (exact) mass is 1120 g/mol. The van der Waals surface area contributed by atoms with Crippen LogP contribution in [0.4, 0.5) is 8.78 Å². The topological polar surface area (TPSA) is 217 Å². The molecule has 80 heavy (non-hydrogen) atoms. The van der Waals surface area contributed by atoms with Crippen molar-refractivity contribution < 1.29 is 51.7 Å². The van der Waals surface area contributed by atoms with Gasteiger partial charge in [0.15, 0.2) is 5.78 Å². The van der Waals surface area contributed by atoms with Gasteiger partial charge in [0.05, 0.1) is 89.0 Å². The smallest absolute Gasteiger partial charge is 0.249 e. The molecule has 9 rings (SSSR count). The minimum Gasteiger partial charge on any atom is -0.379 e. The Kier molecular flexibility index (Phi) is 20.2. The molecule has 22 heteroatoms. The number of benzene rings is 2. The van der Waals surface area contributed by atoms with E-state index in [4.69, 9.17) is 23.9 Å². The fraction of sp³-hybridized carbons (Fsp3) is 0.448. The zero-order chi connectivity index (χ0) is 56.0. The highest BCUT2D eigenvalue weighted by Crippen LogP contribution is 2.34. The van der Waals surface area contributed by atoms with Crippen LogP contribution in [0.5, 0.6) is 0 Å². The van der Waals surface area contributed by atoms with E-state index in [-0.39, 0.29) is 73.2 Å². The van der Waals surface area contributed by atoms with E-state index < -0.39 is 23.9 Å². The number of piperidine rings is 1. The molecule has 0 aliphatic carbocycles. The number of ketones is 1. The van der Waals surface area contributed by atoms with Gasteiger partial charge >= 0.3 is 0 Å². The number of aliphatic imine (C=N–C) groups is 1. The third kappa shape index (κ3) is 14.9. The number of hydrogen-bond donors (Lipinski definition) is 3. The first-order valence-corrected chi connectivity index (χ1v) is 28.2. The average molecular weight is 1120 g/mol. The number of thioether (sulfide) groups is 1. The summed E-state index contributed by atoms with van der Waals surface area (Å²) in [6.07, 6.45) is 13.8. The van der Waals surface area contributed by atoms with Gasteiger partial charge in [0.2, 0.25) is 23.6 Å².